The molecule has 0 bridgehead atoms. The number of rotatable bonds is 3. The minimum atomic E-state index is -0.0543. The lowest BCUT2D eigenvalue weighted by molar-refractivity contribution is 0.165. The van der Waals surface area contributed by atoms with Gasteiger partial charge in [0.2, 0.25) is 0 Å². The van der Waals surface area contributed by atoms with Crippen LogP contribution in [-0.4, -0.2) is 36.6 Å². The lowest BCUT2D eigenvalue weighted by Gasteiger charge is -2.37. The van der Waals surface area contributed by atoms with Crippen LogP contribution in [0, 0.1) is 0 Å². The topological polar surface area (TPSA) is 44.4 Å². The molecule has 1 fully saturated rings. The number of likely N-dealkylation sites (N-methyl/N-ethyl adjacent to an activating group) is 1. The van der Waals surface area contributed by atoms with E-state index in [0.29, 0.717) is 17.6 Å². The smallest absolute Gasteiger partial charge is 0.319 e. The molecule has 1 aromatic rings. The van der Waals surface area contributed by atoms with Gasteiger partial charge in [-0.1, -0.05) is 11.6 Å². The highest BCUT2D eigenvalue weighted by Gasteiger charge is 2.27. The van der Waals surface area contributed by atoms with Crippen molar-refractivity contribution in [2.75, 3.05) is 25.0 Å². The predicted octanol–water partition coefficient (Wildman–Crippen LogP) is 2.17. The van der Waals surface area contributed by atoms with E-state index in [1.807, 2.05) is 11.8 Å². The molecular weight excluding hydrogens is 238 g/mol. The van der Waals surface area contributed by atoms with Crippen molar-refractivity contribution < 1.29 is 4.79 Å². The maximum Gasteiger partial charge on any atom is 0.322 e. The molecule has 1 aliphatic rings. The monoisotopic (exact) mass is 253 g/mol. The average Bonchev–Trinajstić information content (AvgIpc) is 2.26. The quantitative estimate of drug-likeness (QED) is 0.867. The summed E-state index contributed by atoms with van der Waals surface area (Å²) in [5.41, 5.74) is 0.769. The third-order valence-electron chi connectivity index (χ3n) is 2.90. The molecule has 0 aromatic heterocycles. The zero-order valence-electron chi connectivity index (χ0n) is 9.74. The van der Waals surface area contributed by atoms with Crippen LogP contribution in [0.25, 0.3) is 0 Å². The molecule has 4 nitrogen and oxygen atoms in total. The molecule has 0 spiro atoms. The first-order valence-electron chi connectivity index (χ1n) is 5.74. The summed E-state index contributed by atoms with van der Waals surface area (Å²) in [7, 11) is 0. The van der Waals surface area contributed by atoms with Crippen LogP contribution in [0.2, 0.25) is 5.02 Å². The van der Waals surface area contributed by atoms with E-state index in [1.165, 1.54) is 0 Å². The highest BCUT2D eigenvalue weighted by molar-refractivity contribution is 6.30. The second kappa shape index (κ2) is 5.38. The summed E-state index contributed by atoms with van der Waals surface area (Å²) in [6, 6.07) is 7.38. The Morgan fingerprint density at radius 3 is 2.59 bits per heavy atom. The molecule has 5 heteroatoms. The first-order valence-corrected chi connectivity index (χ1v) is 6.12. The third-order valence-corrected chi connectivity index (χ3v) is 3.15. The average molecular weight is 254 g/mol. The van der Waals surface area contributed by atoms with Crippen molar-refractivity contribution in [3.8, 4) is 0 Å². The summed E-state index contributed by atoms with van der Waals surface area (Å²) in [4.78, 5) is 13.9. The Morgan fingerprint density at radius 1 is 1.47 bits per heavy atom. The summed E-state index contributed by atoms with van der Waals surface area (Å²) < 4.78 is 0. The Balaban J connectivity index is 1.97. The molecule has 1 aromatic carbocycles. The van der Waals surface area contributed by atoms with Gasteiger partial charge in [-0.3, -0.25) is 0 Å². The molecule has 0 saturated carbocycles. The van der Waals surface area contributed by atoms with Gasteiger partial charge >= 0.3 is 6.03 Å². The van der Waals surface area contributed by atoms with Gasteiger partial charge in [-0.15, -0.1) is 0 Å². The number of anilines is 1. The summed E-state index contributed by atoms with van der Waals surface area (Å²) in [5.74, 6) is 0. The number of hydrogen-bond acceptors (Lipinski definition) is 2. The molecule has 0 unspecified atom stereocenters. The zero-order valence-corrected chi connectivity index (χ0v) is 10.5. The van der Waals surface area contributed by atoms with E-state index < -0.39 is 0 Å². The molecule has 2 N–H and O–H groups in total. The van der Waals surface area contributed by atoms with E-state index >= 15 is 0 Å². The lowest BCUT2D eigenvalue weighted by Crippen LogP contribution is -2.59. The van der Waals surface area contributed by atoms with Crippen molar-refractivity contribution in [2.24, 2.45) is 0 Å². The van der Waals surface area contributed by atoms with E-state index in [4.69, 9.17) is 11.6 Å². The number of carbonyl (C=O) groups excluding carboxylic acids is 1. The highest BCUT2D eigenvalue weighted by Crippen LogP contribution is 2.15. The minimum absolute atomic E-state index is 0.0543. The molecule has 2 amide bonds. The van der Waals surface area contributed by atoms with Gasteiger partial charge in [0.1, 0.15) is 0 Å². The van der Waals surface area contributed by atoms with Crippen LogP contribution in [0.15, 0.2) is 24.3 Å². The normalized spacial score (nSPS) is 15.2. The Hall–Kier alpha value is -1.26. The number of urea groups is 1. The fraction of sp³-hybridized carbons (Fsp3) is 0.417. The number of nitrogens with zero attached hydrogens (tertiary/aromatic N) is 1. The maximum atomic E-state index is 12.0. The van der Waals surface area contributed by atoms with Crippen molar-refractivity contribution in [2.45, 2.75) is 13.0 Å². The zero-order chi connectivity index (χ0) is 12.3. The Bertz CT molecular complexity index is 389. The van der Waals surface area contributed by atoms with Crippen molar-refractivity contribution in [3.63, 3.8) is 0 Å². The number of carbonyl (C=O) groups is 1. The van der Waals surface area contributed by atoms with Crippen LogP contribution < -0.4 is 10.6 Å². The lowest BCUT2D eigenvalue weighted by atomic mass is 10.1. The van der Waals surface area contributed by atoms with Gasteiger partial charge in [0, 0.05) is 30.3 Å². The molecule has 1 heterocycles. The number of amides is 2. The Labute approximate surface area is 106 Å². The van der Waals surface area contributed by atoms with E-state index in [0.717, 1.165) is 18.8 Å². The molecule has 92 valence electrons. The first kappa shape index (κ1) is 12.2. The summed E-state index contributed by atoms with van der Waals surface area (Å²) in [5, 5.41) is 6.70. The SMILES string of the molecule is CCN(C(=O)Nc1ccc(Cl)cc1)C1CNC1. The standard InChI is InChI=1S/C12H16ClN3O/c1-2-16(11-7-14-8-11)12(17)15-10-5-3-9(13)4-6-10/h3-6,11,14H,2,7-8H2,1H3,(H,15,17). The second-order valence-electron chi connectivity index (χ2n) is 4.04. The van der Waals surface area contributed by atoms with Crippen molar-refractivity contribution >= 4 is 23.3 Å². The predicted molar refractivity (Wildman–Crippen MR) is 69.5 cm³/mol. The fourth-order valence-electron chi connectivity index (χ4n) is 1.79. The molecule has 17 heavy (non-hydrogen) atoms. The van der Waals surface area contributed by atoms with Crippen molar-refractivity contribution in [3.05, 3.63) is 29.3 Å². The van der Waals surface area contributed by atoms with Gasteiger partial charge in [-0.2, -0.15) is 0 Å². The van der Waals surface area contributed by atoms with Gasteiger partial charge in [0.05, 0.1) is 6.04 Å². The molecule has 0 aliphatic carbocycles. The third kappa shape index (κ3) is 2.90. The van der Waals surface area contributed by atoms with Crippen LogP contribution >= 0.6 is 11.6 Å². The number of hydrogen-bond donors (Lipinski definition) is 2. The Morgan fingerprint density at radius 2 is 2.12 bits per heavy atom. The minimum Gasteiger partial charge on any atom is -0.319 e. The molecule has 0 atom stereocenters. The maximum absolute atomic E-state index is 12.0. The van der Waals surface area contributed by atoms with E-state index in [9.17, 15) is 4.79 Å². The van der Waals surface area contributed by atoms with Crippen LogP contribution in [0.1, 0.15) is 6.92 Å². The van der Waals surface area contributed by atoms with E-state index in [2.05, 4.69) is 10.6 Å². The van der Waals surface area contributed by atoms with Crippen LogP contribution in [0.4, 0.5) is 10.5 Å². The first-order chi connectivity index (χ1) is 8.20. The van der Waals surface area contributed by atoms with Gasteiger partial charge in [-0.05, 0) is 31.2 Å². The molecule has 0 radical (unpaired) electrons. The highest BCUT2D eigenvalue weighted by atomic mass is 35.5. The van der Waals surface area contributed by atoms with Crippen LogP contribution in [-0.2, 0) is 0 Å². The molecular formula is C12H16ClN3O. The van der Waals surface area contributed by atoms with Gasteiger partial charge in [0.25, 0.3) is 0 Å². The van der Waals surface area contributed by atoms with Gasteiger partial charge < -0.3 is 15.5 Å². The van der Waals surface area contributed by atoms with Gasteiger partial charge in [-0.25, -0.2) is 4.79 Å². The fourth-order valence-corrected chi connectivity index (χ4v) is 1.92. The van der Waals surface area contributed by atoms with E-state index in [1.54, 1.807) is 24.3 Å². The summed E-state index contributed by atoms with van der Waals surface area (Å²) in [6.07, 6.45) is 0. The number of halogens is 1. The molecule has 1 aliphatic heterocycles. The second-order valence-corrected chi connectivity index (χ2v) is 4.47. The largest absolute Gasteiger partial charge is 0.322 e. The van der Waals surface area contributed by atoms with E-state index in [-0.39, 0.29) is 6.03 Å². The molecule has 2 rings (SSSR count). The van der Waals surface area contributed by atoms with Gasteiger partial charge in [0.15, 0.2) is 0 Å². The van der Waals surface area contributed by atoms with Crippen molar-refractivity contribution in [1.82, 2.24) is 10.2 Å². The Kier molecular flexibility index (Phi) is 3.86. The summed E-state index contributed by atoms with van der Waals surface area (Å²) >= 11 is 5.79. The number of benzene rings is 1. The number of nitrogens with one attached hydrogen (secondary N) is 2. The van der Waals surface area contributed by atoms with Crippen LogP contribution in [0.3, 0.4) is 0 Å². The summed E-state index contributed by atoms with van der Waals surface area (Å²) in [6.45, 7) is 4.45. The van der Waals surface area contributed by atoms with Crippen molar-refractivity contribution in [1.29, 1.82) is 0 Å². The van der Waals surface area contributed by atoms with Crippen LogP contribution in [0.5, 0.6) is 0 Å². The molecule has 1 saturated heterocycles.